The second-order valence-electron chi connectivity index (χ2n) is 5.95. The molecule has 1 N–H and O–H groups in total. The molecule has 124 valence electrons. The Morgan fingerprint density at radius 2 is 2.22 bits per heavy atom. The van der Waals surface area contributed by atoms with Crippen LogP contribution in [-0.4, -0.2) is 43.7 Å². The summed E-state index contributed by atoms with van der Waals surface area (Å²) in [6.45, 7) is 3.02. The van der Waals surface area contributed by atoms with Gasteiger partial charge in [0, 0.05) is 6.61 Å². The number of para-hydroxylation sites is 2. The van der Waals surface area contributed by atoms with Gasteiger partial charge in [-0.1, -0.05) is 12.1 Å². The first kappa shape index (κ1) is 15.8. The lowest BCUT2D eigenvalue weighted by atomic mass is 10.1. The lowest BCUT2D eigenvalue weighted by Gasteiger charge is -2.24. The number of anilines is 1. The first-order valence-corrected chi connectivity index (χ1v) is 8.08. The molecular formula is C17H22N2O4. The fraction of sp³-hybridized carbons (Fsp3) is 0.529. The number of amides is 2. The van der Waals surface area contributed by atoms with Gasteiger partial charge in [0.05, 0.1) is 30.9 Å². The van der Waals surface area contributed by atoms with Gasteiger partial charge in [-0.25, -0.2) is 0 Å². The predicted octanol–water partition coefficient (Wildman–Crippen LogP) is 1.49. The third-order valence-corrected chi connectivity index (χ3v) is 4.24. The maximum absolute atomic E-state index is 12.3. The summed E-state index contributed by atoms with van der Waals surface area (Å²) in [4.78, 5) is 26.1. The molecule has 0 aromatic heterocycles. The Kier molecular flexibility index (Phi) is 4.81. The summed E-state index contributed by atoms with van der Waals surface area (Å²) in [5.41, 5.74) is 0.648. The number of hydrogen-bond acceptors (Lipinski definition) is 4. The molecule has 23 heavy (non-hydrogen) atoms. The van der Waals surface area contributed by atoms with E-state index in [1.807, 2.05) is 25.1 Å². The molecule has 2 aliphatic heterocycles. The van der Waals surface area contributed by atoms with Gasteiger partial charge in [-0.2, -0.15) is 0 Å². The van der Waals surface area contributed by atoms with E-state index in [0.717, 1.165) is 19.4 Å². The van der Waals surface area contributed by atoms with E-state index in [0.29, 0.717) is 18.0 Å². The highest BCUT2D eigenvalue weighted by molar-refractivity contribution is 6.00. The number of fused-ring (bicyclic) bond motifs is 1. The quantitative estimate of drug-likeness (QED) is 0.913. The lowest BCUT2D eigenvalue weighted by Crippen LogP contribution is -2.47. The van der Waals surface area contributed by atoms with Gasteiger partial charge in [0.25, 0.3) is 0 Å². The van der Waals surface area contributed by atoms with Crippen LogP contribution in [0.1, 0.15) is 26.2 Å². The number of carbonyl (C=O) groups is 2. The molecule has 3 rings (SSSR count). The van der Waals surface area contributed by atoms with E-state index in [1.54, 1.807) is 6.07 Å². The van der Waals surface area contributed by atoms with Crippen LogP contribution in [0.3, 0.4) is 0 Å². The van der Waals surface area contributed by atoms with Crippen molar-refractivity contribution in [2.45, 2.75) is 38.3 Å². The molecule has 2 amide bonds. The van der Waals surface area contributed by atoms with Crippen LogP contribution in [0.25, 0.3) is 0 Å². The molecule has 0 saturated carbocycles. The second kappa shape index (κ2) is 7.00. The minimum Gasteiger partial charge on any atom is -0.491 e. The van der Waals surface area contributed by atoms with Crippen LogP contribution in [-0.2, 0) is 14.3 Å². The average Bonchev–Trinajstić information content (AvgIpc) is 3.03. The van der Waals surface area contributed by atoms with Crippen LogP contribution >= 0.6 is 0 Å². The summed E-state index contributed by atoms with van der Waals surface area (Å²) >= 11 is 0. The molecule has 1 saturated heterocycles. The van der Waals surface area contributed by atoms with E-state index in [2.05, 4.69) is 5.32 Å². The molecule has 1 aromatic carbocycles. The molecule has 2 atom stereocenters. The summed E-state index contributed by atoms with van der Waals surface area (Å²) in [5.74, 6) is 0.353. The van der Waals surface area contributed by atoms with Crippen molar-refractivity contribution >= 4 is 17.5 Å². The summed E-state index contributed by atoms with van der Waals surface area (Å²) in [6.07, 6.45) is 2.32. The number of ether oxygens (including phenoxy) is 2. The Bertz CT molecular complexity index is 584. The Labute approximate surface area is 135 Å². The fourth-order valence-electron chi connectivity index (χ4n) is 3.03. The van der Waals surface area contributed by atoms with Crippen LogP contribution < -0.4 is 15.0 Å². The standard InChI is InChI=1S/C17H22N2O4/c1-12(14-7-4-9-22-14)18-16(20)11-19-13-5-2-3-6-15(13)23-10-8-17(19)21/h2-3,5-6,12,14H,4,7-11H2,1H3,(H,18,20)/t12-,14+/m0/s1. The van der Waals surface area contributed by atoms with E-state index >= 15 is 0 Å². The van der Waals surface area contributed by atoms with E-state index in [9.17, 15) is 9.59 Å². The Hall–Kier alpha value is -2.08. The summed E-state index contributed by atoms with van der Waals surface area (Å²) in [5, 5.41) is 2.94. The molecule has 0 bridgehead atoms. The predicted molar refractivity (Wildman–Crippen MR) is 85.5 cm³/mol. The second-order valence-corrected chi connectivity index (χ2v) is 5.95. The van der Waals surface area contributed by atoms with Crippen molar-refractivity contribution in [3.63, 3.8) is 0 Å². The van der Waals surface area contributed by atoms with Crippen molar-refractivity contribution in [3.05, 3.63) is 24.3 Å². The molecule has 2 aliphatic rings. The maximum atomic E-state index is 12.3. The topological polar surface area (TPSA) is 67.9 Å². The Morgan fingerprint density at radius 3 is 3.00 bits per heavy atom. The maximum Gasteiger partial charge on any atom is 0.240 e. The third-order valence-electron chi connectivity index (χ3n) is 4.24. The number of nitrogens with zero attached hydrogens (tertiary/aromatic N) is 1. The van der Waals surface area contributed by atoms with Gasteiger partial charge >= 0.3 is 0 Å². The lowest BCUT2D eigenvalue weighted by molar-refractivity contribution is -0.124. The highest BCUT2D eigenvalue weighted by Gasteiger charge is 2.27. The van der Waals surface area contributed by atoms with Crippen molar-refractivity contribution in [1.29, 1.82) is 0 Å². The van der Waals surface area contributed by atoms with Gasteiger partial charge in [-0.05, 0) is 31.9 Å². The number of rotatable bonds is 4. The van der Waals surface area contributed by atoms with Gasteiger partial charge in [0.2, 0.25) is 11.8 Å². The van der Waals surface area contributed by atoms with Gasteiger partial charge in [0.1, 0.15) is 12.3 Å². The zero-order valence-electron chi connectivity index (χ0n) is 13.3. The highest BCUT2D eigenvalue weighted by Crippen LogP contribution is 2.30. The van der Waals surface area contributed by atoms with Gasteiger partial charge < -0.3 is 14.8 Å². The Balaban J connectivity index is 1.67. The fourth-order valence-corrected chi connectivity index (χ4v) is 3.03. The van der Waals surface area contributed by atoms with Crippen LogP contribution in [0.4, 0.5) is 5.69 Å². The number of hydrogen-bond donors (Lipinski definition) is 1. The first-order chi connectivity index (χ1) is 11.1. The normalized spacial score (nSPS) is 22.0. The minimum atomic E-state index is -0.182. The summed E-state index contributed by atoms with van der Waals surface area (Å²) < 4.78 is 11.2. The molecule has 1 fully saturated rings. The number of carbonyl (C=O) groups excluding carboxylic acids is 2. The van der Waals surface area contributed by atoms with E-state index < -0.39 is 0 Å². The van der Waals surface area contributed by atoms with Crippen molar-refractivity contribution in [2.75, 3.05) is 24.7 Å². The first-order valence-electron chi connectivity index (χ1n) is 8.08. The largest absolute Gasteiger partial charge is 0.491 e. The van der Waals surface area contributed by atoms with Crippen LogP contribution in [0, 0.1) is 0 Å². The van der Waals surface area contributed by atoms with Gasteiger partial charge in [-0.15, -0.1) is 0 Å². The van der Waals surface area contributed by atoms with Crippen molar-refractivity contribution in [3.8, 4) is 5.75 Å². The van der Waals surface area contributed by atoms with E-state index in [1.165, 1.54) is 4.90 Å². The monoisotopic (exact) mass is 318 g/mol. The molecule has 0 unspecified atom stereocenters. The molecule has 2 heterocycles. The molecule has 0 aliphatic carbocycles. The zero-order valence-corrected chi connectivity index (χ0v) is 13.3. The number of nitrogens with one attached hydrogen (secondary N) is 1. The Morgan fingerprint density at radius 1 is 1.39 bits per heavy atom. The molecule has 0 radical (unpaired) electrons. The van der Waals surface area contributed by atoms with E-state index in [4.69, 9.17) is 9.47 Å². The van der Waals surface area contributed by atoms with Gasteiger partial charge in [-0.3, -0.25) is 14.5 Å². The van der Waals surface area contributed by atoms with Crippen molar-refractivity contribution < 1.29 is 19.1 Å². The van der Waals surface area contributed by atoms with Gasteiger partial charge in [0.15, 0.2) is 0 Å². The average molecular weight is 318 g/mol. The molecule has 1 aromatic rings. The summed E-state index contributed by atoms with van der Waals surface area (Å²) in [7, 11) is 0. The molecule has 6 nitrogen and oxygen atoms in total. The van der Waals surface area contributed by atoms with Crippen LogP contribution in [0.2, 0.25) is 0 Å². The van der Waals surface area contributed by atoms with Crippen LogP contribution in [0.15, 0.2) is 24.3 Å². The zero-order chi connectivity index (χ0) is 16.2. The molecule has 0 spiro atoms. The SMILES string of the molecule is C[C@H](NC(=O)CN1C(=O)CCOc2ccccc21)[C@H]1CCCO1. The van der Waals surface area contributed by atoms with Crippen molar-refractivity contribution in [2.24, 2.45) is 0 Å². The highest BCUT2D eigenvalue weighted by atomic mass is 16.5. The summed E-state index contributed by atoms with van der Waals surface area (Å²) in [6, 6.07) is 7.24. The molecular weight excluding hydrogens is 296 g/mol. The van der Waals surface area contributed by atoms with Crippen LogP contribution in [0.5, 0.6) is 5.75 Å². The number of benzene rings is 1. The van der Waals surface area contributed by atoms with Crippen molar-refractivity contribution in [1.82, 2.24) is 5.32 Å². The minimum absolute atomic E-state index is 0.00370. The molecule has 6 heteroatoms. The third kappa shape index (κ3) is 3.64. The van der Waals surface area contributed by atoms with E-state index in [-0.39, 0.29) is 36.9 Å². The smallest absolute Gasteiger partial charge is 0.240 e.